The number of carboxylic acids is 1. The molecule has 0 spiro atoms. The number of aromatic nitrogens is 1. The van der Waals surface area contributed by atoms with Crippen LogP contribution in [0.25, 0.3) is 0 Å². The van der Waals surface area contributed by atoms with Crippen LogP contribution in [-0.2, 0) is 4.79 Å². The van der Waals surface area contributed by atoms with E-state index in [1.165, 1.54) is 4.90 Å². The summed E-state index contributed by atoms with van der Waals surface area (Å²) in [6.07, 6.45) is -0.0425. The number of rotatable bonds is 6. The first-order chi connectivity index (χ1) is 8.93. The number of hydrogen-bond donors (Lipinski definition) is 1. The van der Waals surface area contributed by atoms with Crippen molar-refractivity contribution in [3.05, 3.63) is 23.9 Å². The third-order valence-corrected chi connectivity index (χ3v) is 2.29. The van der Waals surface area contributed by atoms with Crippen LogP contribution in [0.15, 0.2) is 18.2 Å². The smallest absolute Gasteiger partial charge is 0.323 e. The maximum absolute atomic E-state index is 12.1. The van der Waals surface area contributed by atoms with Gasteiger partial charge in [0, 0.05) is 12.6 Å². The Hall–Kier alpha value is -2.11. The van der Waals surface area contributed by atoms with Gasteiger partial charge in [-0.3, -0.25) is 9.59 Å². The molecule has 0 radical (unpaired) electrons. The number of amides is 1. The maximum Gasteiger partial charge on any atom is 0.323 e. The quantitative estimate of drug-likeness (QED) is 0.842. The molecule has 1 heterocycles. The van der Waals surface area contributed by atoms with E-state index in [0.29, 0.717) is 12.4 Å². The topological polar surface area (TPSA) is 79.7 Å². The van der Waals surface area contributed by atoms with E-state index in [0.717, 1.165) is 0 Å². The lowest BCUT2D eigenvalue weighted by molar-refractivity contribution is -0.137. The van der Waals surface area contributed by atoms with Gasteiger partial charge in [-0.1, -0.05) is 6.07 Å². The van der Waals surface area contributed by atoms with E-state index in [2.05, 4.69) is 4.98 Å². The second-order valence-electron chi connectivity index (χ2n) is 4.24. The molecule has 1 N–H and O–H groups in total. The van der Waals surface area contributed by atoms with Crippen LogP contribution in [0.5, 0.6) is 5.88 Å². The monoisotopic (exact) mass is 266 g/mol. The molecule has 1 amide bonds. The van der Waals surface area contributed by atoms with Crippen molar-refractivity contribution in [2.45, 2.75) is 26.9 Å². The van der Waals surface area contributed by atoms with Gasteiger partial charge in [-0.25, -0.2) is 4.98 Å². The lowest BCUT2D eigenvalue weighted by Crippen LogP contribution is -2.35. The maximum atomic E-state index is 12.1. The Morgan fingerprint density at radius 1 is 1.42 bits per heavy atom. The number of likely N-dealkylation sites (N-methyl/N-ethyl adjacent to an activating group) is 1. The molecular formula is C13H18N2O4. The summed E-state index contributed by atoms with van der Waals surface area (Å²) in [7, 11) is 0. The van der Waals surface area contributed by atoms with Gasteiger partial charge >= 0.3 is 5.97 Å². The minimum atomic E-state index is -1.05. The normalized spacial score (nSPS) is 10.3. The van der Waals surface area contributed by atoms with Gasteiger partial charge in [-0.2, -0.15) is 0 Å². The van der Waals surface area contributed by atoms with Crippen molar-refractivity contribution in [3.8, 4) is 5.88 Å². The molecule has 104 valence electrons. The molecule has 6 nitrogen and oxygen atoms in total. The lowest BCUT2D eigenvalue weighted by atomic mass is 10.3. The summed E-state index contributed by atoms with van der Waals surface area (Å²) >= 11 is 0. The average molecular weight is 266 g/mol. The summed E-state index contributed by atoms with van der Waals surface area (Å²) in [4.78, 5) is 28.1. The fourth-order valence-electron chi connectivity index (χ4n) is 1.49. The number of carbonyl (C=O) groups is 2. The van der Waals surface area contributed by atoms with E-state index in [1.54, 1.807) is 25.1 Å². The van der Waals surface area contributed by atoms with Crippen LogP contribution in [0.4, 0.5) is 0 Å². The minimum Gasteiger partial charge on any atom is -0.480 e. The summed E-state index contributed by atoms with van der Waals surface area (Å²) in [6, 6.07) is 4.86. The molecule has 0 atom stereocenters. The number of carbonyl (C=O) groups excluding carboxylic acids is 1. The van der Waals surface area contributed by atoms with Gasteiger partial charge < -0.3 is 14.7 Å². The molecular weight excluding hydrogens is 248 g/mol. The molecule has 0 aliphatic rings. The molecule has 0 aromatic carbocycles. The molecule has 0 unspecified atom stereocenters. The van der Waals surface area contributed by atoms with E-state index in [9.17, 15) is 9.59 Å². The highest BCUT2D eigenvalue weighted by Crippen LogP contribution is 2.11. The van der Waals surface area contributed by atoms with Gasteiger partial charge in [0.15, 0.2) is 0 Å². The zero-order valence-electron chi connectivity index (χ0n) is 11.3. The number of nitrogens with zero attached hydrogens (tertiary/aromatic N) is 2. The first-order valence-electron chi connectivity index (χ1n) is 6.08. The fraction of sp³-hybridized carbons (Fsp3) is 0.462. The standard InChI is InChI=1S/C13H18N2O4/c1-4-15(8-12(16)17)13(18)10-6-5-7-11(14-10)19-9(2)3/h5-7,9H,4,8H2,1-3H3,(H,16,17). The van der Waals surface area contributed by atoms with Crippen LogP contribution < -0.4 is 4.74 Å². The van der Waals surface area contributed by atoms with Gasteiger partial charge in [0.2, 0.25) is 5.88 Å². The Bertz CT molecular complexity index is 460. The zero-order chi connectivity index (χ0) is 14.4. The van der Waals surface area contributed by atoms with Crippen molar-refractivity contribution < 1.29 is 19.4 Å². The molecule has 19 heavy (non-hydrogen) atoms. The first-order valence-corrected chi connectivity index (χ1v) is 6.08. The number of pyridine rings is 1. The second-order valence-corrected chi connectivity index (χ2v) is 4.24. The molecule has 0 fully saturated rings. The fourth-order valence-corrected chi connectivity index (χ4v) is 1.49. The predicted molar refractivity (Wildman–Crippen MR) is 69.2 cm³/mol. The Kier molecular flexibility index (Phi) is 5.29. The summed E-state index contributed by atoms with van der Waals surface area (Å²) in [5.74, 6) is -1.11. The molecule has 6 heteroatoms. The van der Waals surface area contributed by atoms with Crippen LogP contribution >= 0.6 is 0 Å². The van der Waals surface area contributed by atoms with Crippen molar-refractivity contribution in [2.24, 2.45) is 0 Å². The Morgan fingerprint density at radius 3 is 2.63 bits per heavy atom. The Balaban J connectivity index is 2.88. The number of aliphatic carboxylic acids is 1. The van der Waals surface area contributed by atoms with Crippen LogP contribution in [0, 0.1) is 0 Å². The van der Waals surface area contributed by atoms with Gasteiger partial charge in [0.25, 0.3) is 5.91 Å². The van der Waals surface area contributed by atoms with Crippen LogP contribution in [-0.4, -0.2) is 46.1 Å². The van der Waals surface area contributed by atoms with Gasteiger partial charge in [-0.05, 0) is 26.8 Å². The summed E-state index contributed by atoms with van der Waals surface area (Å²) in [6.45, 7) is 5.40. The second kappa shape index (κ2) is 6.72. The Labute approximate surface area is 112 Å². The van der Waals surface area contributed by atoms with E-state index in [1.807, 2.05) is 13.8 Å². The third-order valence-electron chi connectivity index (χ3n) is 2.29. The molecule has 0 saturated heterocycles. The van der Waals surface area contributed by atoms with E-state index in [4.69, 9.17) is 9.84 Å². The number of hydrogen-bond acceptors (Lipinski definition) is 4. The van der Waals surface area contributed by atoms with Crippen molar-refractivity contribution in [1.29, 1.82) is 0 Å². The molecule has 0 saturated carbocycles. The minimum absolute atomic E-state index is 0.0425. The predicted octanol–water partition coefficient (Wildman–Crippen LogP) is 1.42. The summed E-state index contributed by atoms with van der Waals surface area (Å²) in [5, 5.41) is 8.75. The molecule has 0 aliphatic carbocycles. The average Bonchev–Trinajstić information content (AvgIpc) is 2.34. The largest absolute Gasteiger partial charge is 0.480 e. The SMILES string of the molecule is CCN(CC(=O)O)C(=O)c1cccc(OC(C)C)n1. The van der Waals surface area contributed by atoms with E-state index in [-0.39, 0.29) is 18.3 Å². The highest BCUT2D eigenvalue weighted by molar-refractivity contribution is 5.94. The van der Waals surface area contributed by atoms with Crippen molar-refractivity contribution in [3.63, 3.8) is 0 Å². The molecule has 0 aliphatic heterocycles. The molecule has 0 bridgehead atoms. The number of carboxylic acid groups (broad SMARTS) is 1. The van der Waals surface area contributed by atoms with Crippen molar-refractivity contribution in [1.82, 2.24) is 9.88 Å². The van der Waals surface area contributed by atoms with Gasteiger partial charge in [0.05, 0.1) is 6.10 Å². The van der Waals surface area contributed by atoms with E-state index >= 15 is 0 Å². The number of ether oxygens (including phenoxy) is 1. The summed E-state index contributed by atoms with van der Waals surface area (Å²) in [5.41, 5.74) is 0.182. The first kappa shape index (κ1) is 14.9. The molecule has 1 rings (SSSR count). The summed E-state index contributed by atoms with van der Waals surface area (Å²) < 4.78 is 5.40. The zero-order valence-corrected chi connectivity index (χ0v) is 11.3. The van der Waals surface area contributed by atoms with Crippen molar-refractivity contribution >= 4 is 11.9 Å². The van der Waals surface area contributed by atoms with Crippen LogP contribution in [0.3, 0.4) is 0 Å². The van der Waals surface area contributed by atoms with Crippen molar-refractivity contribution in [2.75, 3.05) is 13.1 Å². The Morgan fingerprint density at radius 2 is 2.11 bits per heavy atom. The van der Waals surface area contributed by atoms with E-state index < -0.39 is 11.9 Å². The molecule has 1 aromatic rings. The van der Waals surface area contributed by atoms with Crippen LogP contribution in [0.2, 0.25) is 0 Å². The highest BCUT2D eigenvalue weighted by atomic mass is 16.5. The molecule has 1 aromatic heterocycles. The lowest BCUT2D eigenvalue weighted by Gasteiger charge is -2.18. The van der Waals surface area contributed by atoms with Crippen LogP contribution in [0.1, 0.15) is 31.3 Å². The highest BCUT2D eigenvalue weighted by Gasteiger charge is 2.18. The van der Waals surface area contributed by atoms with Gasteiger partial charge in [-0.15, -0.1) is 0 Å². The van der Waals surface area contributed by atoms with Gasteiger partial charge in [0.1, 0.15) is 12.2 Å². The third kappa shape index (κ3) is 4.57.